The van der Waals surface area contributed by atoms with E-state index in [0.29, 0.717) is 17.3 Å². The molecule has 2 N–H and O–H groups in total. The molecule has 100 valence electrons. The molecule has 0 radical (unpaired) electrons. The Hall–Kier alpha value is -1.59. The second kappa shape index (κ2) is 6.54. The molecular formula is C13H14ClN3OS. The maximum Gasteiger partial charge on any atom is 0.224 e. The average Bonchev–Trinajstić information content (AvgIpc) is 2.82. The molecule has 0 spiro atoms. The normalized spacial score (nSPS) is 10.2. The number of nitrogens with zero attached hydrogens (tertiary/aromatic N) is 1. The highest BCUT2D eigenvalue weighted by Crippen LogP contribution is 2.20. The van der Waals surface area contributed by atoms with Gasteiger partial charge in [0.1, 0.15) is 9.34 Å². The topological polar surface area (TPSA) is 54.0 Å². The lowest BCUT2D eigenvalue weighted by Gasteiger charge is -2.08. The van der Waals surface area contributed by atoms with Crippen LogP contribution in [0.15, 0.2) is 30.5 Å². The van der Waals surface area contributed by atoms with E-state index in [1.165, 1.54) is 11.3 Å². The van der Waals surface area contributed by atoms with Crippen LogP contribution in [0.2, 0.25) is 4.34 Å². The Morgan fingerprint density at radius 1 is 1.42 bits per heavy atom. The minimum atomic E-state index is 0.00357. The number of aromatic nitrogens is 1. The van der Waals surface area contributed by atoms with Gasteiger partial charge < -0.3 is 10.6 Å². The molecule has 1 aromatic carbocycles. The lowest BCUT2D eigenvalue weighted by atomic mass is 10.2. The predicted molar refractivity (Wildman–Crippen MR) is 79.8 cm³/mol. The second-order valence-corrected chi connectivity index (χ2v) is 5.64. The van der Waals surface area contributed by atoms with E-state index in [1.54, 1.807) is 6.20 Å². The largest absolute Gasteiger partial charge is 0.378 e. The van der Waals surface area contributed by atoms with Crippen LogP contribution in [0.4, 0.5) is 11.4 Å². The summed E-state index contributed by atoms with van der Waals surface area (Å²) in [7, 11) is 0. The molecule has 0 aliphatic heterocycles. The van der Waals surface area contributed by atoms with Gasteiger partial charge in [-0.15, -0.1) is 11.3 Å². The molecule has 0 fully saturated rings. The molecule has 1 heterocycles. The van der Waals surface area contributed by atoms with Crippen molar-refractivity contribution in [1.82, 2.24) is 4.98 Å². The number of halogens is 1. The Kier molecular flexibility index (Phi) is 4.76. The fourth-order valence-electron chi connectivity index (χ4n) is 1.50. The summed E-state index contributed by atoms with van der Waals surface area (Å²) in [5.74, 6) is 0.00357. The third-order valence-corrected chi connectivity index (χ3v) is 3.55. The highest BCUT2D eigenvalue weighted by molar-refractivity contribution is 7.15. The summed E-state index contributed by atoms with van der Waals surface area (Å²) in [6, 6.07) is 7.58. The minimum absolute atomic E-state index is 0.00357. The fourth-order valence-corrected chi connectivity index (χ4v) is 2.40. The number of carbonyl (C=O) groups excluding carboxylic acids is 1. The number of hydrogen-bond acceptors (Lipinski definition) is 4. The molecule has 0 aliphatic rings. The molecule has 0 aliphatic carbocycles. The van der Waals surface area contributed by atoms with Crippen molar-refractivity contribution >= 4 is 40.2 Å². The van der Waals surface area contributed by atoms with Gasteiger partial charge in [-0.3, -0.25) is 4.79 Å². The van der Waals surface area contributed by atoms with Gasteiger partial charge in [0.2, 0.25) is 5.91 Å². The number of carbonyl (C=O) groups is 1. The van der Waals surface area contributed by atoms with Gasteiger partial charge in [0.05, 0.1) is 12.7 Å². The fraction of sp³-hybridized carbons (Fsp3) is 0.231. The Bertz CT molecular complexity index is 571. The van der Waals surface area contributed by atoms with Crippen LogP contribution in [-0.2, 0) is 11.3 Å². The van der Waals surface area contributed by atoms with E-state index in [0.717, 1.165) is 16.4 Å². The number of hydrogen-bond donors (Lipinski definition) is 2. The minimum Gasteiger partial charge on any atom is -0.378 e. The first-order valence-electron chi connectivity index (χ1n) is 5.91. The summed E-state index contributed by atoms with van der Waals surface area (Å²) in [5.41, 5.74) is 1.72. The molecule has 1 aromatic heterocycles. The molecule has 2 aromatic rings. The van der Waals surface area contributed by atoms with Crippen LogP contribution in [-0.4, -0.2) is 10.9 Å². The maximum atomic E-state index is 11.3. The van der Waals surface area contributed by atoms with Crippen LogP contribution >= 0.6 is 22.9 Å². The zero-order valence-electron chi connectivity index (χ0n) is 10.4. The number of nitrogens with one attached hydrogen (secondary N) is 2. The molecule has 19 heavy (non-hydrogen) atoms. The van der Waals surface area contributed by atoms with Gasteiger partial charge >= 0.3 is 0 Å². The number of anilines is 2. The monoisotopic (exact) mass is 295 g/mol. The van der Waals surface area contributed by atoms with E-state index in [9.17, 15) is 4.79 Å². The first kappa shape index (κ1) is 13.8. The van der Waals surface area contributed by atoms with Crippen molar-refractivity contribution in [2.45, 2.75) is 19.9 Å². The second-order valence-electron chi connectivity index (χ2n) is 3.89. The molecular weight excluding hydrogens is 282 g/mol. The lowest BCUT2D eigenvalue weighted by molar-refractivity contribution is -0.115. The molecule has 2 rings (SSSR count). The van der Waals surface area contributed by atoms with Gasteiger partial charge in [0.25, 0.3) is 0 Å². The molecule has 0 atom stereocenters. The van der Waals surface area contributed by atoms with Gasteiger partial charge in [-0.2, -0.15) is 0 Å². The molecule has 0 unspecified atom stereocenters. The van der Waals surface area contributed by atoms with Gasteiger partial charge in [-0.1, -0.05) is 24.6 Å². The van der Waals surface area contributed by atoms with Crippen molar-refractivity contribution in [3.05, 3.63) is 39.8 Å². The Labute approximate surface area is 120 Å². The van der Waals surface area contributed by atoms with Gasteiger partial charge in [0, 0.05) is 17.8 Å². The van der Waals surface area contributed by atoms with E-state index < -0.39 is 0 Å². The van der Waals surface area contributed by atoms with E-state index in [4.69, 9.17) is 11.6 Å². The van der Waals surface area contributed by atoms with E-state index in [2.05, 4.69) is 15.6 Å². The van der Waals surface area contributed by atoms with Gasteiger partial charge in [0.15, 0.2) is 0 Å². The summed E-state index contributed by atoms with van der Waals surface area (Å²) < 4.78 is 0.681. The molecule has 0 saturated carbocycles. The lowest BCUT2D eigenvalue weighted by Crippen LogP contribution is -2.09. The molecule has 6 heteroatoms. The van der Waals surface area contributed by atoms with Crippen LogP contribution in [0.5, 0.6) is 0 Å². The number of amides is 1. The summed E-state index contributed by atoms with van der Waals surface area (Å²) >= 11 is 7.27. The third-order valence-electron chi connectivity index (χ3n) is 2.44. The van der Waals surface area contributed by atoms with E-state index in [1.807, 2.05) is 31.2 Å². The quantitative estimate of drug-likeness (QED) is 0.883. The first-order valence-corrected chi connectivity index (χ1v) is 7.11. The smallest absolute Gasteiger partial charge is 0.224 e. The summed E-state index contributed by atoms with van der Waals surface area (Å²) in [4.78, 5) is 15.5. The van der Waals surface area contributed by atoms with Crippen LogP contribution < -0.4 is 10.6 Å². The standard InChI is InChI=1S/C13H14ClN3OS/c1-2-12(18)17-10-5-3-4-9(6-10)15-8-13-16-7-11(14)19-13/h3-7,15H,2,8H2,1H3,(H,17,18). The summed E-state index contributed by atoms with van der Waals surface area (Å²) in [6.45, 7) is 2.44. The Morgan fingerprint density at radius 2 is 2.21 bits per heavy atom. The van der Waals surface area contributed by atoms with Gasteiger partial charge in [-0.05, 0) is 18.2 Å². The van der Waals surface area contributed by atoms with Crippen molar-refractivity contribution in [3.8, 4) is 0 Å². The van der Waals surface area contributed by atoms with Crippen molar-refractivity contribution < 1.29 is 4.79 Å². The number of benzene rings is 1. The van der Waals surface area contributed by atoms with Crippen molar-refractivity contribution in [2.75, 3.05) is 10.6 Å². The van der Waals surface area contributed by atoms with Crippen molar-refractivity contribution in [3.63, 3.8) is 0 Å². The molecule has 0 saturated heterocycles. The van der Waals surface area contributed by atoms with Crippen molar-refractivity contribution in [2.24, 2.45) is 0 Å². The molecule has 4 nitrogen and oxygen atoms in total. The summed E-state index contributed by atoms with van der Waals surface area (Å²) in [5, 5.41) is 6.99. The third kappa shape index (κ3) is 4.22. The maximum absolute atomic E-state index is 11.3. The zero-order valence-corrected chi connectivity index (χ0v) is 12.0. The average molecular weight is 296 g/mol. The molecule has 1 amide bonds. The number of thiazole rings is 1. The first-order chi connectivity index (χ1) is 9.17. The van der Waals surface area contributed by atoms with Crippen LogP contribution in [0.3, 0.4) is 0 Å². The van der Waals surface area contributed by atoms with Crippen LogP contribution in [0, 0.1) is 0 Å². The number of rotatable bonds is 5. The highest BCUT2D eigenvalue weighted by atomic mass is 35.5. The van der Waals surface area contributed by atoms with E-state index in [-0.39, 0.29) is 5.91 Å². The van der Waals surface area contributed by atoms with Crippen LogP contribution in [0.25, 0.3) is 0 Å². The zero-order chi connectivity index (χ0) is 13.7. The Balaban J connectivity index is 1.97. The molecule has 0 bridgehead atoms. The SMILES string of the molecule is CCC(=O)Nc1cccc(NCc2ncc(Cl)s2)c1. The van der Waals surface area contributed by atoms with E-state index >= 15 is 0 Å². The summed E-state index contributed by atoms with van der Waals surface area (Å²) in [6.07, 6.45) is 2.11. The Morgan fingerprint density at radius 3 is 2.89 bits per heavy atom. The van der Waals surface area contributed by atoms with Gasteiger partial charge in [-0.25, -0.2) is 4.98 Å². The van der Waals surface area contributed by atoms with Crippen molar-refractivity contribution in [1.29, 1.82) is 0 Å². The highest BCUT2D eigenvalue weighted by Gasteiger charge is 2.02. The van der Waals surface area contributed by atoms with Crippen LogP contribution in [0.1, 0.15) is 18.4 Å². The predicted octanol–water partition coefficient (Wildman–Crippen LogP) is 3.76.